The third-order valence-electron chi connectivity index (χ3n) is 1.91. The molecule has 0 unspecified atom stereocenters. The summed E-state index contributed by atoms with van der Waals surface area (Å²) in [7, 11) is 0. The van der Waals surface area contributed by atoms with Crippen molar-refractivity contribution >= 4 is 44.8 Å². The zero-order valence-corrected chi connectivity index (χ0v) is 9.92. The molecule has 2 heterocycles. The highest BCUT2D eigenvalue weighted by atomic mass is 127. The SMILES string of the molecule is Cc1nc2cscc2c(=O)n1CI. The number of aromatic nitrogens is 2. The van der Waals surface area contributed by atoms with Crippen molar-refractivity contribution in [3.05, 3.63) is 26.9 Å². The number of nitrogens with zero attached hydrogens (tertiary/aromatic N) is 2. The van der Waals surface area contributed by atoms with Gasteiger partial charge < -0.3 is 0 Å². The molecule has 0 saturated carbocycles. The molecule has 13 heavy (non-hydrogen) atoms. The molecule has 0 bridgehead atoms. The van der Waals surface area contributed by atoms with Gasteiger partial charge in [0, 0.05) is 10.8 Å². The molecule has 68 valence electrons. The Morgan fingerprint density at radius 3 is 3.08 bits per heavy atom. The predicted octanol–water partition coefficient (Wildman–Crippen LogP) is 2.16. The van der Waals surface area contributed by atoms with Crippen LogP contribution in [0.4, 0.5) is 0 Å². The van der Waals surface area contributed by atoms with E-state index in [1.54, 1.807) is 4.57 Å². The van der Waals surface area contributed by atoms with Gasteiger partial charge in [0.2, 0.25) is 0 Å². The van der Waals surface area contributed by atoms with E-state index in [4.69, 9.17) is 0 Å². The smallest absolute Gasteiger partial charge is 0.262 e. The van der Waals surface area contributed by atoms with E-state index >= 15 is 0 Å². The van der Waals surface area contributed by atoms with E-state index < -0.39 is 0 Å². The fourth-order valence-electron chi connectivity index (χ4n) is 1.20. The second kappa shape index (κ2) is 3.38. The van der Waals surface area contributed by atoms with Crippen LogP contribution in [0, 0.1) is 6.92 Å². The summed E-state index contributed by atoms with van der Waals surface area (Å²) in [5.74, 6) is 0.783. The highest BCUT2D eigenvalue weighted by Gasteiger charge is 2.06. The van der Waals surface area contributed by atoms with Gasteiger partial charge in [-0.1, -0.05) is 22.6 Å². The molecule has 0 aliphatic carbocycles. The van der Waals surface area contributed by atoms with Crippen LogP contribution in [0.5, 0.6) is 0 Å². The number of alkyl halides is 1. The third kappa shape index (κ3) is 1.39. The van der Waals surface area contributed by atoms with E-state index in [0.29, 0.717) is 4.55 Å². The molecule has 0 N–H and O–H groups in total. The van der Waals surface area contributed by atoms with Gasteiger partial charge in [-0.3, -0.25) is 9.36 Å². The Morgan fingerprint density at radius 1 is 1.62 bits per heavy atom. The molecule has 0 aliphatic rings. The molecular formula is C8H7IN2OS. The van der Waals surface area contributed by atoms with Gasteiger partial charge in [-0.2, -0.15) is 0 Å². The summed E-state index contributed by atoms with van der Waals surface area (Å²) < 4.78 is 2.33. The highest BCUT2D eigenvalue weighted by molar-refractivity contribution is 14.1. The van der Waals surface area contributed by atoms with Gasteiger partial charge in [0.15, 0.2) is 0 Å². The van der Waals surface area contributed by atoms with Crippen molar-refractivity contribution in [2.24, 2.45) is 0 Å². The van der Waals surface area contributed by atoms with E-state index in [1.807, 2.05) is 17.7 Å². The molecule has 0 atom stereocenters. The van der Waals surface area contributed by atoms with Gasteiger partial charge in [-0.15, -0.1) is 11.3 Å². The number of thiophene rings is 1. The maximum Gasteiger partial charge on any atom is 0.262 e. The number of rotatable bonds is 1. The molecule has 0 spiro atoms. The zero-order chi connectivity index (χ0) is 9.42. The van der Waals surface area contributed by atoms with E-state index in [2.05, 4.69) is 27.6 Å². The maximum absolute atomic E-state index is 11.8. The summed E-state index contributed by atoms with van der Waals surface area (Å²) >= 11 is 3.68. The Morgan fingerprint density at radius 2 is 2.38 bits per heavy atom. The Kier molecular flexibility index (Phi) is 2.37. The Balaban J connectivity index is 2.93. The summed E-state index contributed by atoms with van der Waals surface area (Å²) in [6.07, 6.45) is 0. The van der Waals surface area contributed by atoms with Gasteiger partial charge in [-0.05, 0) is 6.92 Å². The fourth-order valence-corrected chi connectivity index (χ4v) is 2.74. The average molecular weight is 306 g/mol. The lowest BCUT2D eigenvalue weighted by Gasteiger charge is -2.04. The second-order valence-corrected chi connectivity index (χ2v) is 4.11. The molecule has 0 saturated heterocycles. The largest absolute Gasteiger partial charge is 0.286 e. The van der Waals surface area contributed by atoms with Gasteiger partial charge in [-0.25, -0.2) is 4.98 Å². The van der Waals surface area contributed by atoms with Gasteiger partial charge in [0.25, 0.3) is 5.56 Å². The van der Waals surface area contributed by atoms with Crippen LogP contribution in [0.3, 0.4) is 0 Å². The van der Waals surface area contributed by atoms with Crippen molar-refractivity contribution in [2.75, 3.05) is 0 Å². The first-order chi connectivity index (χ1) is 6.24. The zero-order valence-electron chi connectivity index (χ0n) is 6.95. The van der Waals surface area contributed by atoms with Crippen LogP contribution in [0.2, 0.25) is 0 Å². The molecular weight excluding hydrogens is 299 g/mol. The van der Waals surface area contributed by atoms with Gasteiger partial charge in [0.05, 0.1) is 15.5 Å². The van der Waals surface area contributed by atoms with E-state index in [1.165, 1.54) is 11.3 Å². The van der Waals surface area contributed by atoms with E-state index in [-0.39, 0.29) is 5.56 Å². The first-order valence-electron chi connectivity index (χ1n) is 3.73. The lowest BCUT2D eigenvalue weighted by Crippen LogP contribution is -2.21. The van der Waals surface area contributed by atoms with Crippen LogP contribution in [-0.2, 0) is 4.55 Å². The maximum atomic E-state index is 11.8. The molecule has 2 aromatic rings. The number of hydrogen-bond donors (Lipinski definition) is 0. The normalized spacial score (nSPS) is 10.9. The molecule has 3 nitrogen and oxygen atoms in total. The second-order valence-electron chi connectivity index (χ2n) is 2.68. The van der Waals surface area contributed by atoms with Crippen LogP contribution in [0.15, 0.2) is 15.6 Å². The minimum absolute atomic E-state index is 0.0677. The Bertz CT molecular complexity index is 502. The minimum Gasteiger partial charge on any atom is -0.286 e. The molecule has 0 aliphatic heterocycles. The van der Waals surface area contributed by atoms with Crippen molar-refractivity contribution in [2.45, 2.75) is 11.5 Å². The minimum atomic E-state index is 0.0677. The van der Waals surface area contributed by atoms with Gasteiger partial charge in [0.1, 0.15) is 5.82 Å². The molecule has 0 fully saturated rings. The molecule has 2 aromatic heterocycles. The van der Waals surface area contributed by atoms with Crippen molar-refractivity contribution in [1.82, 2.24) is 9.55 Å². The van der Waals surface area contributed by atoms with Crippen LogP contribution in [-0.4, -0.2) is 9.55 Å². The first-order valence-corrected chi connectivity index (χ1v) is 6.20. The number of fused-ring (bicyclic) bond motifs is 1. The van der Waals surface area contributed by atoms with Crippen molar-refractivity contribution < 1.29 is 0 Å². The van der Waals surface area contributed by atoms with Crippen LogP contribution in [0.25, 0.3) is 10.9 Å². The number of aryl methyl sites for hydroxylation is 1. The van der Waals surface area contributed by atoms with Gasteiger partial charge >= 0.3 is 0 Å². The van der Waals surface area contributed by atoms with Crippen LogP contribution >= 0.6 is 33.9 Å². The summed E-state index contributed by atoms with van der Waals surface area (Å²) in [5.41, 5.74) is 0.881. The van der Waals surface area contributed by atoms with Crippen molar-refractivity contribution in [3.63, 3.8) is 0 Å². The summed E-state index contributed by atoms with van der Waals surface area (Å²) in [6, 6.07) is 0. The van der Waals surface area contributed by atoms with Crippen LogP contribution < -0.4 is 5.56 Å². The van der Waals surface area contributed by atoms with Crippen molar-refractivity contribution in [3.8, 4) is 0 Å². The fraction of sp³-hybridized carbons (Fsp3) is 0.250. The standard InChI is InChI=1S/C8H7IN2OS/c1-5-10-7-3-13-2-6(7)8(12)11(5)4-9/h2-3H,4H2,1H3. The quantitative estimate of drug-likeness (QED) is 0.598. The molecule has 0 radical (unpaired) electrons. The molecule has 2 rings (SSSR count). The first kappa shape index (κ1) is 9.14. The summed E-state index contributed by atoms with van der Waals surface area (Å²) in [4.78, 5) is 16.1. The topological polar surface area (TPSA) is 34.9 Å². The Labute approximate surface area is 92.6 Å². The molecule has 0 amide bonds. The number of halogens is 1. The van der Waals surface area contributed by atoms with E-state index in [9.17, 15) is 4.79 Å². The monoisotopic (exact) mass is 306 g/mol. The van der Waals surface area contributed by atoms with E-state index in [0.717, 1.165) is 16.7 Å². The summed E-state index contributed by atoms with van der Waals surface area (Å²) in [6.45, 7) is 1.86. The highest BCUT2D eigenvalue weighted by Crippen LogP contribution is 2.13. The third-order valence-corrected chi connectivity index (χ3v) is 3.32. The van der Waals surface area contributed by atoms with Crippen LogP contribution in [0.1, 0.15) is 5.82 Å². The summed E-state index contributed by atoms with van der Waals surface area (Å²) in [5, 5.41) is 4.49. The lowest BCUT2D eigenvalue weighted by atomic mass is 10.4. The molecule has 5 heteroatoms. The van der Waals surface area contributed by atoms with Crippen molar-refractivity contribution in [1.29, 1.82) is 0 Å². The Hall–Kier alpha value is -0.430. The number of hydrogen-bond acceptors (Lipinski definition) is 3. The lowest BCUT2D eigenvalue weighted by molar-refractivity contribution is 0.793. The average Bonchev–Trinajstić information content (AvgIpc) is 2.53. The predicted molar refractivity (Wildman–Crippen MR) is 62.6 cm³/mol. The molecule has 0 aromatic carbocycles.